The molecule has 2 aliphatic rings. The Hall–Kier alpha value is -1.71. The highest BCUT2D eigenvalue weighted by molar-refractivity contribution is 5.29. The summed E-state index contributed by atoms with van der Waals surface area (Å²) in [5, 5.41) is 0. The normalized spacial score (nSPS) is 28.4. The molecular weight excluding hydrogens is 373 g/mol. The maximum Gasteiger partial charge on any atom is 0.573 e. The van der Waals surface area contributed by atoms with Crippen molar-refractivity contribution in [1.29, 1.82) is 0 Å². The van der Waals surface area contributed by atoms with Gasteiger partial charge in [0.15, 0.2) is 0 Å². The third kappa shape index (κ3) is 6.94. The van der Waals surface area contributed by atoms with E-state index in [0.29, 0.717) is 5.92 Å². The first-order valence-corrected chi connectivity index (χ1v) is 11.1. The first-order chi connectivity index (χ1) is 13.9. The number of hydrogen-bond donors (Lipinski definition) is 0. The number of hydrogen-bond acceptors (Lipinski definition) is 1. The molecule has 0 amide bonds. The lowest BCUT2D eigenvalue weighted by Gasteiger charge is -2.38. The van der Waals surface area contributed by atoms with Crippen molar-refractivity contribution in [3.63, 3.8) is 0 Å². The second-order valence-corrected chi connectivity index (χ2v) is 8.75. The van der Waals surface area contributed by atoms with E-state index in [0.717, 1.165) is 36.2 Å². The summed E-state index contributed by atoms with van der Waals surface area (Å²) in [5.74, 6) is 2.93. The van der Waals surface area contributed by atoms with Gasteiger partial charge in [0.2, 0.25) is 0 Å². The van der Waals surface area contributed by atoms with Crippen LogP contribution in [0.25, 0.3) is 0 Å². The molecule has 2 fully saturated rings. The van der Waals surface area contributed by atoms with Crippen molar-refractivity contribution in [3.05, 3.63) is 54.6 Å². The fraction of sp³-hybridized carbons (Fsp3) is 0.600. The summed E-state index contributed by atoms with van der Waals surface area (Å²) in [7, 11) is 0. The molecule has 0 unspecified atom stereocenters. The van der Waals surface area contributed by atoms with E-state index < -0.39 is 6.36 Å². The molecule has 0 bridgehead atoms. The molecule has 0 aromatic heterocycles. The quantitative estimate of drug-likeness (QED) is 0.415. The van der Waals surface area contributed by atoms with E-state index in [1.54, 1.807) is 12.1 Å². The van der Waals surface area contributed by atoms with Crippen LogP contribution in [0.2, 0.25) is 0 Å². The van der Waals surface area contributed by atoms with Gasteiger partial charge in [0.1, 0.15) is 5.75 Å². The van der Waals surface area contributed by atoms with Crippen LogP contribution in [0.15, 0.2) is 49.1 Å². The summed E-state index contributed by atoms with van der Waals surface area (Å²) >= 11 is 0. The van der Waals surface area contributed by atoms with Gasteiger partial charge in [-0.3, -0.25) is 0 Å². The maximum absolute atomic E-state index is 12.3. The third-order valence-electron chi connectivity index (χ3n) is 6.93. The van der Waals surface area contributed by atoms with E-state index in [1.807, 2.05) is 12.2 Å². The average Bonchev–Trinajstić information content (AvgIpc) is 2.71. The van der Waals surface area contributed by atoms with E-state index in [1.165, 1.54) is 63.5 Å². The van der Waals surface area contributed by atoms with Crippen LogP contribution in [-0.2, 0) is 0 Å². The molecular formula is C25H33F3O. The van der Waals surface area contributed by atoms with Gasteiger partial charge in [0.25, 0.3) is 0 Å². The van der Waals surface area contributed by atoms with Crippen LogP contribution in [0, 0.1) is 17.8 Å². The molecule has 1 nitrogen and oxygen atoms in total. The van der Waals surface area contributed by atoms with E-state index in [9.17, 15) is 13.2 Å². The number of benzene rings is 1. The second-order valence-electron chi connectivity index (χ2n) is 8.75. The molecule has 0 radical (unpaired) electrons. The van der Waals surface area contributed by atoms with Gasteiger partial charge in [0, 0.05) is 0 Å². The zero-order chi connectivity index (χ0) is 20.7. The van der Waals surface area contributed by atoms with Crippen LogP contribution in [0.5, 0.6) is 5.75 Å². The lowest BCUT2D eigenvalue weighted by molar-refractivity contribution is -0.274. The fourth-order valence-corrected chi connectivity index (χ4v) is 5.34. The summed E-state index contributed by atoms with van der Waals surface area (Å²) in [6, 6.07) is 6.50. The Bertz CT molecular complexity index is 646. The van der Waals surface area contributed by atoms with Gasteiger partial charge in [0.05, 0.1) is 0 Å². The minimum absolute atomic E-state index is 0.133. The van der Waals surface area contributed by atoms with E-state index >= 15 is 0 Å². The van der Waals surface area contributed by atoms with Crippen molar-refractivity contribution in [1.82, 2.24) is 0 Å². The van der Waals surface area contributed by atoms with Crippen LogP contribution in [-0.4, -0.2) is 6.36 Å². The monoisotopic (exact) mass is 406 g/mol. The van der Waals surface area contributed by atoms with Gasteiger partial charge in [-0.2, -0.15) is 0 Å². The minimum atomic E-state index is -4.62. The number of allylic oxidation sites excluding steroid dienone is 3. The van der Waals surface area contributed by atoms with E-state index in [2.05, 4.69) is 17.4 Å². The fourth-order valence-electron chi connectivity index (χ4n) is 5.34. The van der Waals surface area contributed by atoms with Crippen molar-refractivity contribution in [3.8, 4) is 5.75 Å². The Morgan fingerprint density at radius 2 is 1.48 bits per heavy atom. The Labute approximate surface area is 173 Å². The standard InChI is InChI=1S/C25H33F3O/c1-2-3-4-5-6-19-7-9-20(10-8-19)21-11-13-22(14-12-21)23-15-17-24(18-16-23)29-25(26,27)28/h2-4,15-22H,1,5-14H2. The third-order valence-corrected chi connectivity index (χ3v) is 6.93. The smallest absolute Gasteiger partial charge is 0.406 e. The number of ether oxygens (including phenoxy) is 1. The highest BCUT2D eigenvalue weighted by Crippen LogP contribution is 2.44. The Morgan fingerprint density at radius 1 is 0.897 bits per heavy atom. The molecule has 160 valence electrons. The summed E-state index contributed by atoms with van der Waals surface area (Å²) in [6.07, 6.45) is 14.2. The second kappa shape index (κ2) is 10.4. The zero-order valence-corrected chi connectivity index (χ0v) is 17.2. The molecule has 1 aromatic carbocycles. The van der Waals surface area contributed by atoms with Gasteiger partial charge in [-0.15, -0.1) is 13.2 Å². The van der Waals surface area contributed by atoms with Gasteiger partial charge < -0.3 is 4.74 Å². The van der Waals surface area contributed by atoms with Crippen LogP contribution in [0.1, 0.15) is 75.7 Å². The Morgan fingerprint density at radius 3 is 2.03 bits per heavy atom. The highest BCUT2D eigenvalue weighted by atomic mass is 19.4. The highest BCUT2D eigenvalue weighted by Gasteiger charge is 2.32. The number of alkyl halides is 3. The van der Waals surface area contributed by atoms with Crippen molar-refractivity contribution in [2.45, 2.75) is 76.5 Å². The number of halogens is 3. The van der Waals surface area contributed by atoms with Crippen LogP contribution in [0.3, 0.4) is 0 Å². The summed E-state index contributed by atoms with van der Waals surface area (Å²) in [4.78, 5) is 0. The van der Waals surface area contributed by atoms with Crippen molar-refractivity contribution < 1.29 is 17.9 Å². The molecule has 0 heterocycles. The van der Waals surface area contributed by atoms with Crippen molar-refractivity contribution in [2.75, 3.05) is 0 Å². The molecule has 4 heteroatoms. The molecule has 0 atom stereocenters. The summed E-state index contributed by atoms with van der Waals surface area (Å²) in [6.45, 7) is 3.71. The van der Waals surface area contributed by atoms with Crippen molar-refractivity contribution in [2.24, 2.45) is 17.8 Å². The first-order valence-electron chi connectivity index (χ1n) is 11.1. The Kier molecular flexibility index (Phi) is 7.85. The SMILES string of the molecule is C=CC=CCCC1CCC(C2CCC(c3ccc(OC(F)(F)F)cc3)CC2)CC1. The average molecular weight is 407 g/mol. The van der Waals surface area contributed by atoms with Crippen LogP contribution in [0.4, 0.5) is 13.2 Å². The summed E-state index contributed by atoms with van der Waals surface area (Å²) < 4.78 is 40.9. The predicted molar refractivity (Wildman–Crippen MR) is 112 cm³/mol. The molecule has 0 aliphatic heterocycles. The van der Waals surface area contributed by atoms with Gasteiger partial charge in [-0.1, -0.05) is 49.8 Å². The van der Waals surface area contributed by atoms with E-state index in [4.69, 9.17) is 0 Å². The first kappa shape index (κ1) is 22.0. The molecule has 0 N–H and O–H groups in total. The molecule has 3 rings (SSSR count). The lowest BCUT2D eigenvalue weighted by Crippen LogP contribution is -2.25. The van der Waals surface area contributed by atoms with Crippen LogP contribution < -0.4 is 4.74 Å². The largest absolute Gasteiger partial charge is 0.573 e. The van der Waals surface area contributed by atoms with Crippen LogP contribution >= 0.6 is 0 Å². The van der Waals surface area contributed by atoms with Crippen molar-refractivity contribution >= 4 is 0 Å². The predicted octanol–water partition coefficient (Wildman–Crippen LogP) is 8.19. The maximum atomic E-state index is 12.3. The summed E-state index contributed by atoms with van der Waals surface area (Å²) in [5.41, 5.74) is 1.15. The lowest BCUT2D eigenvalue weighted by atomic mass is 9.68. The zero-order valence-electron chi connectivity index (χ0n) is 17.2. The number of rotatable bonds is 7. The minimum Gasteiger partial charge on any atom is -0.406 e. The van der Waals surface area contributed by atoms with Gasteiger partial charge in [-0.05, 0) is 92.7 Å². The molecule has 2 aliphatic carbocycles. The topological polar surface area (TPSA) is 9.23 Å². The molecule has 2 saturated carbocycles. The van der Waals surface area contributed by atoms with Gasteiger partial charge in [-0.25, -0.2) is 0 Å². The van der Waals surface area contributed by atoms with Gasteiger partial charge >= 0.3 is 6.36 Å². The van der Waals surface area contributed by atoms with E-state index in [-0.39, 0.29) is 5.75 Å². The molecule has 29 heavy (non-hydrogen) atoms. The molecule has 0 saturated heterocycles. The molecule has 1 aromatic rings. The molecule has 0 spiro atoms. The Balaban J connectivity index is 1.40.